The van der Waals surface area contributed by atoms with Crippen LogP contribution in [0.2, 0.25) is 0 Å². The van der Waals surface area contributed by atoms with E-state index in [9.17, 15) is 25.9 Å². The van der Waals surface area contributed by atoms with Crippen molar-refractivity contribution in [3.8, 4) is 0 Å². The van der Waals surface area contributed by atoms with Crippen LogP contribution in [0.3, 0.4) is 0 Å². The molecule has 0 saturated heterocycles. The van der Waals surface area contributed by atoms with Crippen molar-refractivity contribution in [2.45, 2.75) is 96.0 Å². The standard InChI is InChI=1S/C42H46N2O6S2.C27H33N2/c1-7-43(28-31-12-9-11-30(3)25-31)36-20-15-33(16-21-36)41(39-24-19-35(42(4,5)6)27-40(39)52(48,49)50)34-17-22-37(23-18-34)44(8-2)29-32-13-10-14-38(26-32)51(45,46)47;1-27(2,3)23-10-8-9-22(19-23)26(20-11-15-24(16-12-20)28(4)5)21-13-17-25(18-14-21)29(6)7/h9-27H,7-8,28-29H2,1-6H3,(H-,45,46,47,48,49,50);8-19H,1-7H3/q;+1/p-1. The van der Waals surface area contributed by atoms with Crippen molar-refractivity contribution in [3.05, 3.63) is 249 Å². The fourth-order valence-electron chi connectivity index (χ4n) is 9.87. The third-order valence-corrected chi connectivity index (χ3v) is 16.3. The molecule has 10 nitrogen and oxygen atoms in total. The van der Waals surface area contributed by atoms with Crippen molar-refractivity contribution < 1.29 is 35.1 Å². The lowest BCUT2D eigenvalue weighted by Crippen LogP contribution is -2.22. The minimum Gasteiger partial charge on any atom is -0.744 e. The number of allylic oxidation sites excluding steroid dienone is 10. The van der Waals surface area contributed by atoms with Gasteiger partial charge in [0.2, 0.25) is 0 Å². The summed E-state index contributed by atoms with van der Waals surface area (Å²) in [5.74, 6) is 0. The van der Waals surface area contributed by atoms with Crippen LogP contribution in [0.25, 0.3) is 11.1 Å². The molecular weight excluding hydrogens is 1040 g/mol. The molecule has 0 atom stereocenters. The molecule has 0 radical (unpaired) electrons. The van der Waals surface area contributed by atoms with Gasteiger partial charge in [0.1, 0.15) is 40.9 Å². The van der Waals surface area contributed by atoms with E-state index in [1.54, 1.807) is 18.2 Å². The molecule has 0 saturated carbocycles. The Hall–Kier alpha value is -7.48. The molecule has 2 aliphatic carbocycles. The molecule has 0 spiro atoms. The van der Waals surface area contributed by atoms with Gasteiger partial charge in [-0.3, -0.25) is 0 Å². The maximum absolute atomic E-state index is 12.9. The van der Waals surface area contributed by atoms with E-state index in [4.69, 9.17) is 0 Å². The highest BCUT2D eigenvalue weighted by molar-refractivity contribution is 7.86. The number of rotatable bonds is 14. The Morgan fingerprint density at radius 3 is 1.59 bits per heavy atom. The first-order valence-electron chi connectivity index (χ1n) is 27.5. The van der Waals surface area contributed by atoms with Gasteiger partial charge in [-0.25, -0.2) is 26.0 Å². The monoisotopic (exact) mass is 1120 g/mol. The van der Waals surface area contributed by atoms with Gasteiger partial charge in [0.15, 0.2) is 18.0 Å². The summed E-state index contributed by atoms with van der Waals surface area (Å²) in [6.07, 6.45) is 16.8. The van der Waals surface area contributed by atoms with E-state index < -0.39 is 20.2 Å². The number of benzene rings is 6. The van der Waals surface area contributed by atoms with Gasteiger partial charge in [0.05, 0.1) is 9.79 Å². The number of anilines is 2. The van der Waals surface area contributed by atoms with E-state index >= 15 is 0 Å². The third-order valence-electron chi connectivity index (χ3n) is 14.6. The first-order valence-corrected chi connectivity index (χ1v) is 30.3. The second-order valence-electron chi connectivity index (χ2n) is 23.1. The number of aryl methyl sites for hydroxylation is 1. The molecule has 422 valence electrons. The number of hydrogen-bond acceptors (Lipinski definition) is 8. The molecule has 2 aliphatic rings. The van der Waals surface area contributed by atoms with Crippen molar-refractivity contribution in [3.63, 3.8) is 0 Å². The van der Waals surface area contributed by atoms with Crippen molar-refractivity contribution >= 4 is 54.2 Å². The van der Waals surface area contributed by atoms with Crippen LogP contribution in [0.15, 0.2) is 209 Å². The molecule has 0 bridgehead atoms. The van der Waals surface area contributed by atoms with E-state index in [0.29, 0.717) is 35.4 Å². The Bertz CT molecular complexity index is 3750. The maximum atomic E-state index is 12.9. The zero-order valence-electron chi connectivity index (χ0n) is 49.3. The van der Waals surface area contributed by atoms with Gasteiger partial charge in [-0.15, -0.1) is 0 Å². The molecule has 0 aliphatic heterocycles. The summed E-state index contributed by atoms with van der Waals surface area (Å²) in [4.78, 5) is 3.62. The van der Waals surface area contributed by atoms with Crippen LogP contribution in [0.4, 0.5) is 11.4 Å². The van der Waals surface area contributed by atoms with Gasteiger partial charge < -0.3 is 18.9 Å². The Balaban J connectivity index is 0.000000275. The number of nitrogens with zero attached hydrogens (tertiary/aromatic N) is 4. The highest BCUT2D eigenvalue weighted by Gasteiger charge is 2.24. The predicted octanol–water partition coefficient (Wildman–Crippen LogP) is 13.4. The van der Waals surface area contributed by atoms with Gasteiger partial charge >= 0.3 is 0 Å². The molecule has 12 heteroatoms. The Kier molecular flexibility index (Phi) is 19.3. The molecule has 0 aromatic heterocycles. The lowest BCUT2D eigenvalue weighted by atomic mass is 9.83. The van der Waals surface area contributed by atoms with Crippen molar-refractivity contribution in [1.29, 1.82) is 0 Å². The molecule has 81 heavy (non-hydrogen) atoms. The molecule has 8 rings (SSSR count). The lowest BCUT2D eigenvalue weighted by Gasteiger charge is -2.25. The van der Waals surface area contributed by atoms with Gasteiger partial charge in [-0.2, -0.15) is 0 Å². The zero-order valence-corrected chi connectivity index (χ0v) is 50.9. The molecule has 0 N–H and O–H groups in total. The smallest absolute Gasteiger partial charge is 0.200 e. The van der Waals surface area contributed by atoms with Gasteiger partial charge in [-0.1, -0.05) is 138 Å². The van der Waals surface area contributed by atoms with Crippen LogP contribution in [0.1, 0.15) is 105 Å². The van der Waals surface area contributed by atoms with E-state index in [0.717, 1.165) is 35.6 Å². The highest BCUT2D eigenvalue weighted by atomic mass is 32.2. The largest absolute Gasteiger partial charge is 0.744 e. The minimum absolute atomic E-state index is 0.116. The van der Waals surface area contributed by atoms with Crippen molar-refractivity contribution in [1.82, 2.24) is 0 Å². The van der Waals surface area contributed by atoms with Gasteiger partial charge in [0, 0.05) is 74.0 Å². The Morgan fingerprint density at radius 1 is 0.531 bits per heavy atom. The summed E-state index contributed by atoms with van der Waals surface area (Å²) in [5.41, 5.74) is 16.5. The number of hydrogen-bond donors (Lipinski definition) is 0. The predicted molar refractivity (Wildman–Crippen MR) is 333 cm³/mol. The maximum Gasteiger partial charge on any atom is 0.200 e. The molecule has 0 fully saturated rings. The summed E-state index contributed by atoms with van der Waals surface area (Å²) < 4.78 is 77.9. The van der Waals surface area contributed by atoms with Crippen molar-refractivity contribution in [2.75, 3.05) is 51.1 Å². The highest BCUT2D eigenvalue weighted by Crippen LogP contribution is 2.38. The van der Waals surface area contributed by atoms with Crippen LogP contribution in [0, 0.1) is 6.92 Å². The lowest BCUT2D eigenvalue weighted by molar-refractivity contribution is -0.539. The van der Waals surface area contributed by atoms with Crippen LogP contribution in [-0.4, -0.2) is 87.8 Å². The summed E-state index contributed by atoms with van der Waals surface area (Å²) >= 11 is 0. The van der Waals surface area contributed by atoms with E-state index in [-0.39, 0.29) is 20.6 Å². The van der Waals surface area contributed by atoms with Gasteiger partial charge in [0.25, 0.3) is 0 Å². The Morgan fingerprint density at radius 2 is 1.06 bits per heavy atom. The van der Waals surface area contributed by atoms with Crippen LogP contribution < -0.4 is 9.80 Å². The minimum atomic E-state index is -4.87. The molecule has 6 aromatic carbocycles. The van der Waals surface area contributed by atoms with Crippen LogP contribution in [-0.2, 0) is 44.2 Å². The topological polar surface area (TPSA) is 127 Å². The summed E-state index contributed by atoms with van der Waals surface area (Å²) in [5, 5.41) is 0. The Labute approximate surface area is 483 Å². The molecular formula is C69H78N4O6S2. The summed E-state index contributed by atoms with van der Waals surface area (Å²) in [6, 6.07) is 45.0. The average molecular weight is 1120 g/mol. The summed E-state index contributed by atoms with van der Waals surface area (Å²) in [7, 11) is -1.15. The quantitative estimate of drug-likeness (QED) is 0.0779. The van der Waals surface area contributed by atoms with E-state index in [2.05, 4.69) is 174 Å². The molecule has 0 amide bonds. The first-order chi connectivity index (χ1) is 38.1. The molecule has 6 aromatic rings. The normalized spacial score (nSPS) is 13.5. The van der Waals surface area contributed by atoms with Crippen LogP contribution >= 0.6 is 0 Å². The fraction of sp³-hybridized carbons (Fsp3) is 0.275. The fourth-order valence-corrected chi connectivity index (χ4v) is 11.1. The zero-order chi connectivity index (χ0) is 59.0. The second-order valence-corrected chi connectivity index (χ2v) is 25.8. The first kappa shape index (κ1) is 61.1. The SMILES string of the molecule is CCN(Cc1cccc(S(=O)(=O)[O-])c1)c1ccc(C(=C2C=CC(=[N+](CC)Cc3cccc(C)c3)C=C2)c2ccc(C(C)(C)C)cc2S(=O)(=O)[O-])cc1.CN(C)c1ccc(C(=C2C=CC(=[N+](C)C)C=C2)c2cccc(C(C)(C)C)c2)cc1. The van der Waals surface area contributed by atoms with E-state index in [1.165, 1.54) is 68.6 Å². The van der Waals surface area contributed by atoms with Crippen molar-refractivity contribution in [2.24, 2.45) is 0 Å². The third kappa shape index (κ3) is 15.7. The van der Waals surface area contributed by atoms with Gasteiger partial charge in [-0.05, 0) is 160 Å². The summed E-state index contributed by atoms with van der Waals surface area (Å²) in [6.45, 7) is 21.3. The van der Waals surface area contributed by atoms with E-state index in [1.807, 2.05) is 87.2 Å². The molecule has 0 heterocycles. The second kappa shape index (κ2) is 25.5. The average Bonchev–Trinajstić information content (AvgIpc) is 3.46. The molecule has 0 unspecified atom stereocenters. The van der Waals surface area contributed by atoms with Crippen LogP contribution in [0.5, 0.6) is 0 Å².